The minimum absolute atomic E-state index is 0.117. The van der Waals surface area contributed by atoms with Crippen molar-refractivity contribution in [2.24, 2.45) is 5.41 Å². The van der Waals surface area contributed by atoms with Crippen LogP contribution in [0.5, 0.6) is 5.75 Å². The zero-order chi connectivity index (χ0) is 15.6. The van der Waals surface area contributed by atoms with Gasteiger partial charge in [0.1, 0.15) is 5.75 Å². The van der Waals surface area contributed by atoms with E-state index in [2.05, 4.69) is 11.9 Å². The van der Waals surface area contributed by atoms with E-state index in [1.165, 1.54) is 19.4 Å². The van der Waals surface area contributed by atoms with Crippen molar-refractivity contribution in [3.05, 3.63) is 29.8 Å². The third kappa shape index (κ3) is 3.43. The van der Waals surface area contributed by atoms with E-state index >= 15 is 0 Å². The molecule has 0 N–H and O–H groups in total. The molecule has 1 unspecified atom stereocenters. The molecule has 1 aromatic carbocycles. The lowest BCUT2D eigenvalue weighted by Crippen LogP contribution is -2.44. The van der Waals surface area contributed by atoms with Crippen LogP contribution in [-0.4, -0.2) is 55.5 Å². The van der Waals surface area contributed by atoms with Crippen LogP contribution in [-0.2, 0) is 4.79 Å². The Balaban J connectivity index is 1.53. The lowest BCUT2D eigenvalue weighted by Gasteiger charge is -2.38. The van der Waals surface area contributed by atoms with Crippen molar-refractivity contribution in [2.75, 3.05) is 39.8 Å². The third-order valence-corrected chi connectivity index (χ3v) is 5.00. The first-order chi connectivity index (χ1) is 10.6. The highest BCUT2D eigenvalue weighted by Crippen LogP contribution is 2.38. The van der Waals surface area contributed by atoms with Gasteiger partial charge >= 0.3 is 0 Å². The number of rotatable bonds is 3. The van der Waals surface area contributed by atoms with Crippen molar-refractivity contribution in [3.8, 4) is 5.75 Å². The van der Waals surface area contributed by atoms with Crippen molar-refractivity contribution < 1.29 is 9.53 Å². The van der Waals surface area contributed by atoms with Gasteiger partial charge in [-0.15, -0.1) is 0 Å². The van der Waals surface area contributed by atoms with Gasteiger partial charge in [0.25, 0.3) is 5.91 Å². The Hall–Kier alpha value is -1.55. The minimum Gasteiger partial charge on any atom is -0.484 e. The molecule has 1 spiro atoms. The fourth-order valence-corrected chi connectivity index (χ4v) is 3.88. The number of nitrogens with zero attached hydrogens (tertiary/aromatic N) is 2. The predicted octanol–water partition coefficient (Wildman–Crippen LogP) is 2.32. The standard InChI is InChI=1S/C18H26N2O2/c1-15-5-3-6-16(11-15)22-12-17(21)20-10-8-18(14-20)7-4-9-19(2)13-18/h3,5-6,11H,4,7-10,12-14H2,1-2H3. The SMILES string of the molecule is Cc1cccc(OCC(=O)N2CCC3(CCCN(C)C3)C2)c1. The Morgan fingerprint density at radius 1 is 1.27 bits per heavy atom. The number of hydrogen-bond donors (Lipinski definition) is 0. The van der Waals surface area contributed by atoms with Crippen molar-refractivity contribution in [1.29, 1.82) is 0 Å². The minimum atomic E-state index is 0.117. The Bertz CT molecular complexity index is 546. The Kier molecular flexibility index (Phi) is 4.39. The van der Waals surface area contributed by atoms with E-state index in [1.807, 2.05) is 36.1 Å². The molecule has 2 aliphatic heterocycles. The molecule has 0 radical (unpaired) electrons. The molecule has 0 aromatic heterocycles. The summed E-state index contributed by atoms with van der Waals surface area (Å²) < 4.78 is 5.66. The number of benzene rings is 1. The van der Waals surface area contributed by atoms with Gasteiger partial charge in [0, 0.05) is 25.0 Å². The molecule has 2 aliphatic rings. The van der Waals surface area contributed by atoms with E-state index in [-0.39, 0.29) is 12.5 Å². The molecule has 4 nitrogen and oxygen atoms in total. The monoisotopic (exact) mass is 302 g/mol. The van der Waals surface area contributed by atoms with Gasteiger partial charge in [0.2, 0.25) is 0 Å². The van der Waals surface area contributed by atoms with Crippen LogP contribution in [0.25, 0.3) is 0 Å². The van der Waals surface area contributed by atoms with E-state index in [1.54, 1.807) is 0 Å². The molecule has 0 saturated carbocycles. The number of hydrogen-bond acceptors (Lipinski definition) is 3. The third-order valence-electron chi connectivity index (χ3n) is 5.00. The highest BCUT2D eigenvalue weighted by Gasteiger charge is 2.41. The molecule has 0 aliphatic carbocycles. The first-order valence-corrected chi connectivity index (χ1v) is 8.22. The van der Waals surface area contributed by atoms with Crippen molar-refractivity contribution >= 4 is 5.91 Å². The van der Waals surface area contributed by atoms with Gasteiger partial charge in [-0.3, -0.25) is 4.79 Å². The van der Waals surface area contributed by atoms with Crippen LogP contribution in [0, 0.1) is 12.3 Å². The smallest absolute Gasteiger partial charge is 0.260 e. The van der Waals surface area contributed by atoms with Crippen molar-refractivity contribution in [3.63, 3.8) is 0 Å². The van der Waals surface area contributed by atoms with Gasteiger partial charge < -0.3 is 14.5 Å². The number of aryl methyl sites for hydroxylation is 1. The Morgan fingerprint density at radius 3 is 2.91 bits per heavy atom. The van der Waals surface area contributed by atoms with Crippen molar-refractivity contribution in [2.45, 2.75) is 26.2 Å². The van der Waals surface area contributed by atoms with E-state index in [0.717, 1.165) is 37.4 Å². The Labute approximate surface area is 133 Å². The maximum absolute atomic E-state index is 12.4. The summed E-state index contributed by atoms with van der Waals surface area (Å²) in [6, 6.07) is 7.85. The lowest BCUT2D eigenvalue weighted by atomic mass is 9.79. The number of carbonyl (C=O) groups is 1. The number of piperidine rings is 1. The number of likely N-dealkylation sites (tertiary alicyclic amines) is 2. The normalized spacial score (nSPS) is 25.6. The molecule has 1 aromatic rings. The summed E-state index contributed by atoms with van der Waals surface area (Å²) in [5, 5.41) is 0. The molecule has 1 atom stereocenters. The zero-order valence-electron chi connectivity index (χ0n) is 13.7. The van der Waals surface area contributed by atoms with E-state index in [4.69, 9.17) is 4.74 Å². The van der Waals surface area contributed by atoms with Crippen molar-refractivity contribution in [1.82, 2.24) is 9.80 Å². The second-order valence-electron chi connectivity index (χ2n) is 7.01. The van der Waals surface area contributed by atoms with Crippen LogP contribution in [0.2, 0.25) is 0 Å². The summed E-state index contributed by atoms with van der Waals surface area (Å²) in [6.07, 6.45) is 3.63. The number of amides is 1. The summed E-state index contributed by atoms with van der Waals surface area (Å²) in [5.74, 6) is 0.895. The summed E-state index contributed by atoms with van der Waals surface area (Å²) in [7, 11) is 2.19. The summed E-state index contributed by atoms with van der Waals surface area (Å²) in [5.41, 5.74) is 1.47. The maximum Gasteiger partial charge on any atom is 0.260 e. The second-order valence-corrected chi connectivity index (χ2v) is 7.01. The molecule has 2 heterocycles. The van der Waals surface area contributed by atoms with Gasteiger partial charge in [-0.25, -0.2) is 0 Å². The van der Waals surface area contributed by atoms with Gasteiger partial charge in [0.15, 0.2) is 6.61 Å². The average Bonchev–Trinajstić information content (AvgIpc) is 2.88. The maximum atomic E-state index is 12.4. The average molecular weight is 302 g/mol. The topological polar surface area (TPSA) is 32.8 Å². The van der Waals surface area contributed by atoms with E-state index in [9.17, 15) is 4.79 Å². The summed E-state index contributed by atoms with van der Waals surface area (Å²) >= 11 is 0. The highest BCUT2D eigenvalue weighted by atomic mass is 16.5. The predicted molar refractivity (Wildman–Crippen MR) is 87.0 cm³/mol. The highest BCUT2D eigenvalue weighted by molar-refractivity contribution is 5.78. The van der Waals surface area contributed by atoms with E-state index < -0.39 is 0 Å². The quantitative estimate of drug-likeness (QED) is 0.859. The molecule has 4 heteroatoms. The fraction of sp³-hybridized carbons (Fsp3) is 0.611. The molecule has 3 rings (SSSR count). The van der Waals surface area contributed by atoms with Gasteiger partial charge in [-0.1, -0.05) is 12.1 Å². The van der Waals surface area contributed by atoms with Crippen LogP contribution in [0.3, 0.4) is 0 Å². The second kappa shape index (κ2) is 6.29. The van der Waals surface area contributed by atoms with Crippen LogP contribution in [0.15, 0.2) is 24.3 Å². The Morgan fingerprint density at radius 2 is 2.14 bits per heavy atom. The van der Waals surface area contributed by atoms with E-state index in [0.29, 0.717) is 5.41 Å². The molecule has 2 fully saturated rings. The zero-order valence-corrected chi connectivity index (χ0v) is 13.7. The molecule has 120 valence electrons. The van der Waals surface area contributed by atoms with Gasteiger partial charge in [0.05, 0.1) is 0 Å². The van der Waals surface area contributed by atoms with Crippen LogP contribution >= 0.6 is 0 Å². The summed E-state index contributed by atoms with van der Waals surface area (Å²) in [6.45, 7) is 6.26. The van der Waals surface area contributed by atoms with Gasteiger partial charge in [-0.05, 0) is 57.5 Å². The summed E-state index contributed by atoms with van der Waals surface area (Å²) in [4.78, 5) is 16.8. The number of ether oxygens (including phenoxy) is 1. The first kappa shape index (κ1) is 15.3. The van der Waals surface area contributed by atoms with Crippen LogP contribution < -0.4 is 4.74 Å². The van der Waals surface area contributed by atoms with Crippen LogP contribution in [0.1, 0.15) is 24.8 Å². The molecule has 2 saturated heterocycles. The molecule has 0 bridgehead atoms. The lowest BCUT2D eigenvalue weighted by molar-refractivity contribution is -0.132. The molecular formula is C18H26N2O2. The first-order valence-electron chi connectivity index (χ1n) is 8.22. The molecular weight excluding hydrogens is 276 g/mol. The van der Waals surface area contributed by atoms with Crippen LogP contribution in [0.4, 0.5) is 0 Å². The molecule has 1 amide bonds. The molecule has 22 heavy (non-hydrogen) atoms. The fourth-order valence-electron chi connectivity index (χ4n) is 3.88. The number of carbonyl (C=O) groups excluding carboxylic acids is 1. The largest absolute Gasteiger partial charge is 0.484 e. The van der Waals surface area contributed by atoms with Gasteiger partial charge in [-0.2, -0.15) is 0 Å².